The van der Waals surface area contributed by atoms with Gasteiger partial charge in [0.1, 0.15) is 5.82 Å². The molecule has 0 saturated carbocycles. The lowest BCUT2D eigenvalue weighted by Gasteiger charge is -2.27. The van der Waals surface area contributed by atoms with Crippen LogP contribution in [0.2, 0.25) is 0 Å². The van der Waals surface area contributed by atoms with E-state index in [0.717, 1.165) is 25.1 Å². The van der Waals surface area contributed by atoms with E-state index in [1.807, 2.05) is 19.2 Å². The topological polar surface area (TPSA) is 15.3 Å². The van der Waals surface area contributed by atoms with Crippen LogP contribution in [0.4, 0.5) is 4.39 Å². The second-order valence-corrected chi connectivity index (χ2v) is 4.90. The molecule has 2 nitrogen and oxygen atoms in total. The van der Waals surface area contributed by atoms with E-state index < -0.39 is 0 Å². The lowest BCUT2D eigenvalue weighted by Crippen LogP contribution is -2.33. The maximum atomic E-state index is 12.9. The van der Waals surface area contributed by atoms with Gasteiger partial charge in [0.2, 0.25) is 0 Å². The monoisotopic (exact) mass is 252 g/mol. The van der Waals surface area contributed by atoms with Gasteiger partial charge in [-0.2, -0.15) is 0 Å². The zero-order valence-electron chi connectivity index (χ0n) is 11.9. The Morgan fingerprint density at radius 3 is 2.28 bits per heavy atom. The third-order valence-corrected chi connectivity index (χ3v) is 3.46. The Labute approximate surface area is 110 Å². The summed E-state index contributed by atoms with van der Waals surface area (Å²) in [6.45, 7) is 8.74. The van der Waals surface area contributed by atoms with Gasteiger partial charge in [-0.1, -0.05) is 19.1 Å². The van der Waals surface area contributed by atoms with Crippen molar-refractivity contribution in [3.05, 3.63) is 35.6 Å². The minimum Gasteiger partial charge on any atom is -0.313 e. The van der Waals surface area contributed by atoms with E-state index in [1.165, 1.54) is 12.1 Å². The normalized spacial score (nSPS) is 13.3. The van der Waals surface area contributed by atoms with Gasteiger partial charge < -0.3 is 10.2 Å². The minimum absolute atomic E-state index is 0.175. The molecule has 0 fully saturated rings. The Bertz CT molecular complexity index is 335. The summed E-state index contributed by atoms with van der Waals surface area (Å²) >= 11 is 0. The third kappa shape index (κ3) is 4.39. The van der Waals surface area contributed by atoms with Crippen LogP contribution in [0.25, 0.3) is 0 Å². The predicted octanol–water partition coefficient (Wildman–Crippen LogP) is 3.21. The smallest absolute Gasteiger partial charge is 0.123 e. The molecule has 0 aliphatic carbocycles. The summed E-state index contributed by atoms with van der Waals surface area (Å²) in [7, 11) is 1.96. The van der Waals surface area contributed by atoms with Crippen molar-refractivity contribution in [1.29, 1.82) is 0 Å². The van der Waals surface area contributed by atoms with Crippen LogP contribution in [-0.4, -0.2) is 31.1 Å². The molecule has 0 spiro atoms. The fourth-order valence-corrected chi connectivity index (χ4v) is 2.25. The van der Waals surface area contributed by atoms with E-state index in [-0.39, 0.29) is 5.82 Å². The molecule has 0 radical (unpaired) electrons. The van der Waals surface area contributed by atoms with Crippen LogP contribution in [0.5, 0.6) is 0 Å². The van der Waals surface area contributed by atoms with Crippen molar-refractivity contribution >= 4 is 0 Å². The summed E-state index contributed by atoms with van der Waals surface area (Å²) in [5.41, 5.74) is 1.15. The van der Waals surface area contributed by atoms with Crippen LogP contribution in [0.15, 0.2) is 24.3 Å². The van der Waals surface area contributed by atoms with Gasteiger partial charge in [-0.15, -0.1) is 0 Å². The van der Waals surface area contributed by atoms with Gasteiger partial charge in [0.05, 0.1) is 0 Å². The first kappa shape index (κ1) is 15.1. The Morgan fingerprint density at radius 2 is 1.83 bits per heavy atom. The number of nitrogens with one attached hydrogen (secondary N) is 1. The summed E-state index contributed by atoms with van der Waals surface area (Å²) < 4.78 is 12.9. The van der Waals surface area contributed by atoms with Crippen LogP contribution in [0.3, 0.4) is 0 Å². The van der Waals surface area contributed by atoms with Gasteiger partial charge in [0.15, 0.2) is 0 Å². The van der Waals surface area contributed by atoms with Gasteiger partial charge in [0.25, 0.3) is 0 Å². The van der Waals surface area contributed by atoms with Crippen molar-refractivity contribution in [3.8, 4) is 0 Å². The standard InChI is InChI=1S/C15H25FN2/c1-5-18(12(2)3)11-10-15(17-4)13-6-8-14(16)9-7-13/h6-9,12,15,17H,5,10-11H2,1-4H3. The molecule has 0 aliphatic heterocycles. The molecule has 0 amide bonds. The van der Waals surface area contributed by atoms with Crippen LogP contribution in [0, 0.1) is 5.82 Å². The number of hydrogen-bond acceptors (Lipinski definition) is 2. The molecule has 1 atom stereocenters. The summed E-state index contributed by atoms with van der Waals surface area (Å²) in [5.74, 6) is -0.175. The average molecular weight is 252 g/mol. The van der Waals surface area contributed by atoms with Crippen LogP contribution in [-0.2, 0) is 0 Å². The van der Waals surface area contributed by atoms with E-state index in [2.05, 4.69) is 31.0 Å². The van der Waals surface area contributed by atoms with Gasteiger partial charge in [-0.3, -0.25) is 0 Å². The van der Waals surface area contributed by atoms with Crippen molar-refractivity contribution in [1.82, 2.24) is 10.2 Å². The van der Waals surface area contributed by atoms with Gasteiger partial charge in [0, 0.05) is 18.6 Å². The summed E-state index contributed by atoms with van der Waals surface area (Å²) in [6, 6.07) is 7.64. The Hall–Kier alpha value is -0.930. The molecule has 1 N–H and O–H groups in total. The van der Waals surface area contributed by atoms with Gasteiger partial charge in [-0.25, -0.2) is 4.39 Å². The SMILES string of the molecule is CCN(CCC(NC)c1ccc(F)cc1)C(C)C. The first-order chi connectivity index (χ1) is 8.58. The Kier molecular flexibility index (Phi) is 6.30. The molecule has 0 aliphatic rings. The number of benzene rings is 1. The average Bonchev–Trinajstić information content (AvgIpc) is 2.36. The number of nitrogens with zero attached hydrogens (tertiary/aromatic N) is 1. The second-order valence-electron chi connectivity index (χ2n) is 4.90. The summed E-state index contributed by atoms with van der Waals surface area (Å²) in [5, 5.41) is 3.31. The molecule has 0 bridgehead atoms. The van der Waals surface area contributed by atoms with Crippen molar-refractivity contribution < 1.29 is 4.39 Å². The van der Waals surface area contributed by atoms with E-state index in [1.54, 1.807) is 0 Å². The molecule has 1 unspecified atom stereocenters. The van der Waals surface area contributed by atoms with E-state index in [9.17, 15) is 4.39 Å². The molecule has 18 heavy (non-hydrogen) atoms. The maximum absolute atomic E-state index is 12.9. The highest BCUT2D eigenvalue weighted by Gasteiger charge is 2.13. The molecule has 102 valence electrons. The highest BCUT2D eigenvalue weighted by molar-refractivity contribution is 5.19. The molecule has 1 rings (SSSR count). The fraction of sp³-hybridized carbons (Fsp3) is 0.600. The molecule has 1 aromatic carbocycles. The van der Waals surface area contributed by atoms with E-state index in [0.29, 0.717) is 12.1 Å². The molecule has 1 aromatic rings. The largest absolute Gasteiger partial charge is 0.313 e. The lowest BCUT2D eigenvalue weighted by atomic mass is 10.0. The van der Waals surface area contributed by atoms with Crippen molar-refractivity contribution in [2.75, 3.05) is 20.1 Å². The molecule has 0 heterocycles. The Morgan fingerprint density at radius 1 is 1.22 bits per heavy atom. The van der Waals surface area contributed by atoms with Crippen molar-refractivity contribution in [2.45, 2.75) is 39.3 Å². The van der Waals surface area contributed by atoms with Crippen molar-refractivity contribution in [2.24, 2.45) is 0 Å². The highest BCUT2D eigenvalue weighted by Crippen LogP contribution is 2.17. The van der Waals surface area contributed by atoms with Gasteiger partial charge in [-0.05, 0) is 51.6 Å². The summed E-state index contributed by atoms with van der Waals surface area (Å²) in [6.07, 6.45) is 1.04. The molecule has 0 aromatic heterocycles. The quantitative estimate of drug-likeness (QED) is 0.801. The first-order valence-electron chi connectivity index (χ1n) is 6.75. The number of rotatable bonds is 7. The Balaban J connectivity index is 2.59. The maximum Gasteiger partial charge on any atom is 0.123 e. The number of hydrogen-bond donors (Lipinski definition) is 1. The van der Waals surface area contributed by atoms with E-state index in [4.69, 9.17) is 0 Å². The second kappa shape index (κ2) is 7.49. The summed E-state index contributed by atoms with van der Waals surface area (Å²) in [4.78, 5) is 2.44. The van der Waals surface area contributed by atoms with E-state index >= 15 is 0 Å². The highest BCUT2D eigenvalue weighted by atomic mass is 19.1. The zero-order chi connectivity index (χ0) is 13.5. The molecule has 3 heteroatoms. The van der Waals surface area contributed by atoms with Crippen molar-refractivity contribution in [3.63, 3.8) is 0 Å². The molecule has 0 saturated heterocycles. The molecular weight excluding hydrogens is 227 g/mol. The minimum atomic E-state index is -0.175. The lowest BCUT2D eigenvalue weighted by molar-refractivity contribution is 0.221. The third-order valence-electron chi connectivity index (χ3n) is 3.46. The number of halogens is 1. The zero-order valence-corrected chi connectivity index (χ0v) is 11.9. The van der Waals surface area contributed by atoms with Crippen LogP contribution >= 0.6 is 0 Å². The van der Waals surface area contributed by atoms with Crippen LogP contribution in [0.1, 0.15) is 38.8 Å². The van der Waals surface area contributed by atoms with Crippen LogP contribution < -0.4 is 5.32 Å². The molecular formula is C15H25FN2. The fourth-order valence-electron chi connectivity index (χ4n) is 2.25. The predicted molar refractivity (Wildman–Crippen MR) is 75.2 cm³/mol. The first-order valence-corrected chi connectivity index (χ1v) is 6.75. The van der Waals surface area contributed by atoms with Gasteiger partial charge >= 0.3 is 0 Å².